The lowest BCUT2D eigenvalue weighted by Crippen LogP contribution is -2.29. The van der Waals surface area contributed by atoms with Crippen molar-refractivity contribution in [3.63, 3.8) is 0 Å². The molecule has 0 amide bonds. The van der Waals surface area contributed by atoms with Crippen LogP contribution in [0.1, 0.15) is 17.3 Å². The molecule has 88 valence electrons. The van der Waals surface area contributed by atoms with Gasteiger partial charge in [-0.1, -0.05) is 23.7 Å². The predicted octanol–water partition coefficient (Wildman–Crippen LogP) is 2.43. The lowest BCUT2D eigenvalue weighted by atomic mass is 10.0. The summed E-state index contributed by atoms with van der Waals surface area (Å²) in [5.74, 6) is 5.17. The fourth-order valence-corrected chi connectivity index (χ4v) is 1.71. The van der Waals surface area contributed by atoms with Crippen LogP contribution >= 0.6 is 11.6 Å². The largest absolute Gasteiger partial charge is 0.271 e. The van der Waals surface area contributed by atoms with Crippen LogP contribution in [0.4, 0.5) is 4.39 Å². The SMILES string of the molecule is NNC(c1cccc(F)c1)c1ccc(Cl)cn1. The van der Waals surface area contributed by atoms with Crippen molar-refractivity contribution in [1.29, 1.82) is 0 Å². The van der Waals surface area contributed by atoms with E-state index in [2.05, 4.69) is 10.4 Å². The molecule has 0 aliphatic heterocycles. The Kier molecular flexibility index (Phi) is 3.68. The van der Waals surface area contributed by atoms with Gasteiger partial charge in [-0.15, -0.1) is 0 Å². The second kappa shape index (κ2) is 5.23. The first-order valence-electron chi connectivity index (χ1n) is 5.04. The lowest BCUT2D eigenvalue weighted by Gasteiger charge is -2.15. The predicted molar refractivity (Wildman–Crippen MR) is 64.8 cm³/mol. The van der Waals surface area contributed by atoms with E-state index in [4.69, 9.17) is 17.4 Å². The van der Waals surface area contributed by atoms with E-state index in [0.717, 1.165) is 0 Å². The molecule has 1 heterocycles. The van der Waals surface area contributed by atoms with Gasteiger partial charge < -0.3 is 0 Å². The third-order valence-electron chi connectivity index (χ3n) is 2.39. The number of nitrogens with two attached hydrogens (primary N) is 1. The number of hydrogen-bond donors (Lipinski definition) is 2. The third-order valence-corrected chi connectivity index (χ3v) is 2.62. The summed E-state index contributed by atoms with van der Waals surface area (Å²) < 4.78 is 13.1. The smallest absolute Gasteiger partial charge is 0.123 e. The maximum absolute atomic E-state index is 13.1. The van der Waals surface area contributed by atoms with E-state index in [-0.39, 0.29) is 11.9 Å². The molecule has 0 saturated heterocycles. The van der Waals surface area contributed by atoms with E-state index in [9.17, 15) is 4.39 Å². The molecule has 5 heteroatoms. The highest BCUT2D eigenvalue weighted by Crippen LogP contribution is 2.21. The molecule has 0 saturated carbocycles. The first-order valence-corrected chi connectivity index (χ1v) is 5.41. The molecule has 3 nitrogen and oxygen atoms in total. The van der Waals surface area contributed by atoms with Crippen LogP contribution in [-0.2, 0) is 0 Å². The highest BCUT2D eigenvalue weighted by Gasteiger charge is 2.13. The molecule has 1 atom stereocenters. The van der Waals surface area contributed by atoms with Crippen LogP contribution in [0.2, 0.25) is 5.02 Å². The number of nitrogens with one attached hydrogen (secondary N) is 1. The van der Waals surface area contributed by atoms with Crippen molar-refractivity contribution in [3.05, 3.63) is 64.7 Å². The molecule has 0 aliphatic carbocycles. The number of hydrogen-bond acceptors (Lipinski definition) is 3. The van der Waals surface area contributed by atoms with Crippen LogP contribution in [0, 0.1) is 5.82 Å². The van der Waals surface area contributed by atoms with Crippen molar-refractivity contribution in [2.45, 2.75) is 6.04 Å². The summed E-state index contributed by atoms with van der Waals surface area (Å²) in [4.78, 5) is 4.16. The number of hydrazine groups is 1. The average molecular weight is 252 g/mol. The minimum Gasteiger partial charge on any atom is -0.271 e. The maximum Gasteiger partial charge on any atom is 0.123 e. The Morgan fingerprint density at radius 1 is 1.29 bits per heavy atom. The Balaban J connectivity index is 2.36. The van der Waals surface area contributed by atoms with Crippen LogP contribution in [-0.4, -0.2) is 4.98 Å². The normalized spacial score (nSPS) is 12.4. The van der Waals surface area contributed by atoms with Crippen molar-refractivity contribution >= 4 is 11.6 Å². The Hall–Kier alpha value is -1.49. The summed E-state index contributed by atoms with van der Waals surface area (Å²) in [7, 11) is 0. The maximum atomic E-state index is 13.1. The Bertz CT molecular complexity index is 501. The summed E-state index contributed by atoms with van der Waals surface area (Å²) in [5.41, 5.74) is 4.00. The van der Waals surface area contributed by atoms with Crippen LogP contribution in [0.15, 0.2) is 42.6 Å². The van der Waals surface area contributed by atoms with Gasteiger partial charge in [-0.2, -0.15) is 0 Å². The summed E-state index contributed by atoms with van der Waals surface area (Å²) >= 11 is 5.76. The van der Waals surface area contributed by atoms with Gasteiger partial charge in [-0.3, -0.25) is 10.8 Å². The molecule has 0 radical (unpaired) electrons. The number of benzene rings is 1. The number of aromatic nitrogens is 1. The monoisotopic (exact) mass is 251 g/mol. The molecular weight excluding hydrogens is 241 g/mol. The van der Waals surface area contributed by atoms with E-state index >= 15 is 0 Å². The lowest BCUT2D eigenvalue weighted by molar-refractivity contribution is 0.598. The van der Waals surface area contributed by atoms with Crippen molar-refractivity contribution in [1.82, 2.24) is 10.4 Å². The fourth-order valence-electron chi connectivity index (χ4n) is 1.60. The standard InChI is InChI=1S/C12H11ClFN3/c13-9-4-5-11(16-7-9)12(17-15)8-2-1-3-10(14)6-8/h1-7,12,17H,15H2. The molecule has 1 unspecified atom stereocenters. The molecule has 1 aromatic heterocycles. The zero-order valence-electron chi connectivity index (χ0n) is 8.90. The van der Waals surface area contributed by atoms with Gasteiger partial charge in [0, 0.05) is 6.20 Å². The van der Waals surface area contributed by atoms with Crippen LogP contribution in [0.5, 0.6) is 0 Å². The second-order valence-corrected chi connectivity index (χ2v) is 3.99. The Labute approximate surface area is 103 Å². The summed E-state index contributed by atoms with van der Waals surface area (Å²) in [5, 5.41) is 0.545. The van der Waals surface area contributed by atoms with Gasteiger partial charge in [0.05, 0.1) is 16.8 Å². The molecule has 3 N–H and O–H groups in total. The summed E-state index contributed by atoms with van der Waals surface area (Å²) in [6, 6.07) is 9.32. The molecule has 0 fully saturated rings. The summed E-state index contributed by atoms with van der Waals surface area (Å²) in [6.07, 6.45) is 1.53. The van der Waals surface area contributed by atoms with Gasteiger partial charge in [0.1, 0.15) is 5.82 Å². The first kappa shape index (κ1) is 12.0. The van der Waals surface area contributed by atoms with Crippen LogP contribution in [0.25, 0.3) is 0 Å². The summed E-state index contributed by atoms with van der Waals surface area (Å²) in [6.45, 7) is 0. The second-order valence-electron chi connectivity index (χ2n) is 3.56. The van der Waals surface area contributed by atoms with Gasteiger partial charge in [0.15, 0.2) is 0 Å². The third kappa shape index (κ3) is 2.79. The fraction of sp³-hybridized carbons (Fsp3) is 0.0833. The number of rotatable bonds is 3. The van der Waals surface area contributed by atoms with Gasteiger partial charge in [0.2, 0.25) is 0 Å². The number of nitrogens with zero attached hydrogens (tertiary/aromatic N) is 1. The van der Waals surface area contributed by atoms with E-state index in [0.29, 0.717) is 16.3 Å². The van der Waals surface area contributed by atoms with Crippen LogP contribution < -0.4 is 11.3 Å². The van der Waals surface area contributed by atoms with Crippen molar-refractivity contribution < 1.29 is 4.39 Å². The quantitative estimate of drug-likeness (QED) is 0.651. The van der Waals surface area contributed by atoms with Crippen molar-refractivity contribution in [3.8, 4) is 0 Å². The van der Waals surface area contributed by atoms with E-state index < -0.39 is 0 Å². The molecule has 2 rings (SSSR count). The van der Waals surface area contributed by atoms with Gasteiger partial charge in [0.25, 0.3) is 0 Å². The van der Waals surface area contributed by atoms with Crippen molar-refractivity contribution in [2.24, 2.45) is 5.84 Å². The zero-order chi connectivity index (χ0) is 12.3. The molecule has 0 spiro atoms. The topological polar surface area (TPSA) is 50.9 Å². The van der Waals surface area contributed by atoms with Crippen LogP contribution in [0.3, 0.4) is 0 Å². The minimum atomic E-state index is -0.358. The highest BCUT2D eigenvalue weighted by molar-refractivity contribution is 6.30. The number of halogens is 2. The Morgan fingerprint density at radius 3 is 2.71 bits per heavy atom. The van der Waals surface area contributed by atoms with Gasteiger partial charge in [-0.25, -0.2) is 9.82 Å². The van der Waals surface area contributed by atoms with E-state index in [1.54, 1.807) is 24.3 Å². The van der Waals surface area contributed by atoms with Gasteiger partial charge in [-0.05, 0) is 29.8 Å². The molecule has 0 aliphatic rings. The molecule has 17 heavy (non-hydrogen) atoms. The van der Waals surface area contributed by atoms with E-state index in [1.165, 1.54) is 18.3 Å². The van der Waals surface area contributed by atoms with E-state index in [1.807, 2.05) is 0 Å². The molecule has 0 bridgehead atoms. The highest BCUT2D eigenvalue weighted by atomic mass is 35.5. The molecule has 2 aromatic rings. The number of pyridine rings is 1. The Morgan fingerprint density at radius 2 is 2.12 bits per heavy atom. The van der Waals surface area contributed by atoms with Gasteiger partial charge >= 0.3 is 0 Å². The first-order chi connectivity index (χ1) is 8.20. The van der Waals surface area contributed by atoms with Crippen molar-refractivity contribution in [2.75, 3.05) is 0 Å². The molecule has 1 aromatic carbocycles. The average Bonchev–Trinajstić information content (AvgIpc) is 2.33. The molecular formula is C12H11ClFN3. The minimum absolute atomic E-state index is 0.309. The zero-order valence-corrected chi connectivity index (χ0v) is 9.66.